The highest BCUT2D eigenvalue weighted by atomic mass is 16.5. The predicted octanol–water partition coefficient (Wildman–Crippen LogP) is 1.74. The Morgan fingerprint density at radius 2 is 1.88 bits per heavy atom. The molecule has 0 saturated heterocycles. The molecule has 0 bridgehead atoms. The quantitative estimate of drug-likeness (QED) is 0.845. The minimum Gasteiger partial charge on any atom is -0.497 e. The normalized spacial score (nSPS) is 16.1. The van der Waals surface area contributed by atoms with Crippen molar-refractivity contribution in [1.29, 1.82) is 0 Å². The molecule has 1 aliphatic rings. The molecule has 1 amide bonds. The van der Waals surface area contributed by atoms with Crippen molar-refractivity contribution >= 4 is 5.91 Å². The van der Waals surface area contributed by atoms with Crippen LogP contribution in [0.1, 0.15) is 19.8 Å². The fourth-order valence-corrected chi connectivity index (χ4v) is 1.46. The van der Waals surface area contributed by atoms with E-state index >= 15 is 0 Å². The zero-order chi connectivity index (χ0) is 12.3. The van der Waals surface area contributed by atoms with E-state index in [1.165, 1.54) is 0 Å². The van der Waals surface area contributed by atoms with Gasteiger partial charge in [-0.15, -0.1) is 0 Å². The molecule has 1 aromatic carbocycles. The lowest BCUT2D eigenvalue weighted by molar-refractivity contribution is -0.127. The van der Waals surface area contributed by atoms with Gasteiger partial charge in [0, 0.05) is 6.04 Å². The van der Waals surface area contributed by atoms with Gasteiger partial charge in [0.1, 0.15) is 11.5 Å². The Balaban J connectivity index is 1.87. The lowest BCUT2D eigenvalue weighted by atomic mass is 10.3. The Bertz CT molecular complexity index is 384. The molecule has 0 unspecified atom stereocenters. The first-order valence-corrected chi connectivity index (χ1v) is 5.80. The molecule has 1 aliphatic carbocycles. The average Bonchev–Trinajstić information content (AvgIpc) is 3.14. The average molecular weight is 235 g/mol. The van der Waals surface area contributed by atoms with Crippen LogP contribution in [0.25, 0.3) is 0 Å². The number of rotatable bonds is 5. The number of methoxy groups -OCH3 is 1. The number of nitrogens with one attached hydrogen (secondary N) is 1. The van der Waals surface area contributed by atoms with Gasteiger partial charge in [-0.1, -0.05) is 0 Å². The zero-order valence-electron chi connectivity index (χ0n) is 10.1. The SMILES string of the molecule is COc1ccc(O[C@H](C)C(=O)NC2CC2)cc1. The van der Waals surface area contributed by atoms with Crippen molar-refractivity contribution in [2.24, 2.45) is 0 Å². The molecular formula is C13H17NO3. The summed E-state index contributed by atoms with van der Waals surface area (Å²) in [6.45, 7) is 1.75. The number of ether oxygens (including phenoxy) is 2. The van der Waals surface area contributed by atoms with Gasteiger partial charge < -0.3 is 14.8 Å². The van der Waals surface area contributed by atoms with Gasteiger partial charge in [-0.2, -0.15) is 0 Å². The maximum absolute atomic E-state index is 11.7. The van der Waals surface area contributed by atoms with Crippen molar-refractivity contribution in [3.8, 4) is 11.5 Å². The van der Waals surface area contributed by atoms with Crippen LogP contribution in [0.3, 0.4) is 0 Å². The molecule has 1 aromatic rings. The molecule has 0 aliphatic heterocycles. The first kappa shape index (κ1) is 11.8. The number of carbonyl (C=O) groups excluding carboxylic acids is 1. The van der Waals surface area contributed by atoms with E-state index in [0.29, 0.717) is 11.8 Å². The van der Waals surface area contributed by atoms with Gasteiger partial charge in [0.05, 0.1) is 7.11 Å². The Kier molecular flexibility index (Phi) is 3.52. The molecular weight excluding hydrogens is 218 g/mol. The lowest BCUT2D eigenvalue weighted by Crippen LogP contribution is -2.37. The highest BCUT2D eigenvalue weighted by Crippen LogP contribution is 2.20. The molecule has 1 N–H and O–H groups in total. The van der Waals surface area contributed by atoms with E-state index in [0.717, 1.165) is 18.6 Å². The first-order valence-electron chi connectivity index (χ1n) is 5.80. The second-order valence-corrected chi connectivity index (χ2v) is 4.22. The maximum Gasteiger partial charge on any atom is 0.260 e. The summed E-state index contributed by atoms with van der Waals surface area (Å²) in [5, 5.41) is 2.91. The van der Waals surface area contributed by atoms with E-state index in [1.807, 2.05) is 0 Å². The first-order chi connectivity index (χ1) is 8.19. The van der Waals surface area contributed by atoms with E-state index in [-0.39, 0.29) is 5.91 Å². The van der Waals surface area contributed by atoms with Crippen molar-refractivity contribution < 1.29 is 14.3 Å². The third-order valence-corrected chi connectivity index (χ3v) is 2.67. The fourth-order valence-electron chi connectivity index (χ4n) is 1.46. The van der Waals surface area contributed by atoms with Crippen LogP contribution in [0.2, 0.25) is 0 Å². The molecule has 0 spiro atoms. The molecule has 4 nitrogen and oxygen atoms in total. The Morgan fingerprint density at radius 3 is 2.41 bits per heavy atom. The molecule has 2 rings (SSSR count). The van der Waals surface area contributed by atoms with Crippen LogP contribution in [-0.4, -0.2) is 25.2 Å². The number of benzene rings is 1. The third kappa shape index (κ3) is 3.37. The number of hydrogen-bond donors (Lipinski definition) is 1. The summed E-state index contributed by atoms with van der Waals surface area (Å²) in [6.07, 6.45) is 1.70. The molecule has 92 valence electrons. The molecule has 0 radical (unpaired) electrons. The van der Waals surface area contributed by atoms with Crippen molar-refractivity contribution in [2.75, 3.05) is 7.11 Å². The van der Waals surface area contributed by atoms with Crippen LogP contribution in [0.15, 0.2) is 24.3 Å². The van der Waals surface area contributed by atoms with E-state index in [9.17, 15) is 4.79 Å². The summed E-state index contributed by atoms with van der Waals surface area (Å²) in [4.78, 5) is 11.7. The summed E-state index contributed by atoms with van der Waals surface area (Å²) in [5.41, 5.74) is 0. The maximum atomic E-state index is 11.7. The second kappa shape index (κ2) is 5.08. The highest BCUT2D eigenvalue weighted by Gasteiger charge is 2.26. The van der Waals surface area contributed by atoms with Crippen LogP contribution in [0.5, 0.6) is 11.5 Å². The number of carbonyl (C=O) groups is 1. The summed E-state index contributed by atoms with van der Waals surface area (Å²) in [6, 6.07) is 7.56. The van der Waals surface area contributed by atoms with E-state index in [2.05, 4.69) is 5.32 Å². The van der Waals surface area contributed by atoms with Crippen LogP contribution >= 0.6 is 0 Å². The smallest absolute Gasteiger partial charge is 0.260 e. The minimum atomic E-state index is -0.469. The predicted molar refractivity (Wildman–Crippen MR) is 64.2 cm³/mol. The van der Waals surface area contributed by atoms with Crippen LogP contribution in [0, 0.1) is 0 Å². The molecule has 1 fully saturated rings. The summed E-state index contributed by atoms with van der Waals surface area (Å²) >= 11 is 0. The van der Waals surface area contributed by atoms with Crippen LogP contribution in [-0.2, 0) is 4.79 Å². The van der Waals surface area contributed by atoms with Crippen molar-refractivity contribution in [1.82, 2.24) is 5.32 Å². The van der Waals surface area contributed by atoms with Gasteiger partial charge in [0.2, 0.25) is 0 Å². The van der Waals surface area contributed by atoms with Gasteiger partial charge in [-0.25, -0.2) is 0 Å². The Hall–Kier alpha value is -1.71. The van der Waals surface area contributed by atoms with E-state index < -0.39 is 6.10 Å². The third-order valence-electron chi connectivity index (χ3n) is 2.67. The lowest BCUT2D eigenvalue weighted by Gasteiger charge is -2.14. The van der Waals surface area contributed by atoms with Gasteiger partial charge in [0.25, 0.3) is 5.91 Å². The van der Waals surface area contributed by atoms with Gasteiger partial charge in [-0.05, 0) is 44.0 Å². The Labute approximate surface area is 101 Å². The van der Waals surface area contributed by atoms with Gasteiger partial charge in [0.15, 0.2) is 6.10 Å². The highest BCUT2D eigenvalue weighted by molar-refractivity contribution is 5.81. The van der Waals surface area contributed by atoms with Gasteiger partial charge >= 0.3 is 0 Å². The van der Waals surface area contributed by atoms with Crippen molar-refractivity contribution in [2.45, 2.75) is 31.9 Å². The minimum absolute atomic E-state index is 0.0525. The molecule has 4 heteroatoms. The topological polar surface area (TPSA) is 47.6 Å². The van der Waals surface area contributed by atoms with Crippen molar-refractivity contribution in [3.63, 3.8) is 0 Å². The number of hydrogen-bond acceptors (Lipinski definition) is 3. The van der Waals surface area contributed by atoms with Crippen LogP contribution in [0.4, 0.5) is 0 Å². The largest absolute Gasteiger partial charge is 0.497 e. The van der Waals surface area contributed by atoms with Crippen molar-refractivity contribution in [3.05, 3.63) is 24.3 Å². The molecule has 1 saturated carbocycles. The number of amides is 1. The molecule has 1 atom stereocenters. The molecule has 0 heterocycles. The standard InChI is InChI=1S/C13H17NO3/c1-9(13(15)14-10-3-4-10)17-12-7-5-11(16-2)6-8-12/h5-10H,3-4H2,1-2H3,(H,14,15)/t9-/m1/s1. The second-order valence-electron chi connectivity index (χ2n) is 4.22. The van der Waals surface area contributed by atoms with E-state index in [1.54, 1.807) is 38.3 Å². The zero-order valence-corrected chi connectivity index (χ0v) is 10.1. The molecule has 17 heavy (non-hydrogen) atoms. The van der Waals surface area contributed by atoms with Crippen LogP contribution < -0.4 is 14.8 Å². The van der Waals surface area contributed by atoms with Gasteiger partial charge in [-0.3, -0.25) is 4.79 Å². The monoisotopic (exact) mass is 235 g/mol. The fraction of sp³-hybridized carbons (Fsp3) is 0.462. The Morgan fingerprint density at radius 1 is 1.29 bits per heavy atom. The van der Waals surface area contributed by atoms with E-state index in [4.69, 9.17) is 9.47 Å². The summed E-state index contributed by atoms with van der Waals surface area (Å²) in [7, 11) is 1.61. The molecule has 0 aromatic heterocycles. The summed E-state index contributed by atoms with van der Waals surface area (Å²) < 4.78 is 10.6. The summed E-state index contributed by atoms with van der Waals surface area (Å²) in [5.74, 6) is 1.39.